The molecule has 82 valence electrons. The van der Waals surface area contributed by atoms with Gasteiger partial charge in [0.2, 0.25) is 5.91 Å². The molecule has 1 N–H and O–H groups in total. The largest absolute Gasteiger partial charge is 0.337 e. The second-order valence-corrected chi connectivity index (χ2v) is 4.25. The Labute approximate surface area is 86.9 Å². The van der Waals surface area contributed by atoms with Crippen LogP contribution in [0.5, 0.6) is 0 Å². The van der Waals surface area contributed by atoms with Gasteiger partial charge in [0.15, 0.2) is 0 Å². The van der Waals surface area contributed by atoms with Gasteiger partial charge < -0.3 is 10.2 Å². The number of rotatable bonds is 6. The molecule has 0 spiro atoms. The molecule has 1 aliphatic carbocycles. The third kappa shape index (κ3) is 3.29. The SMILES string of the molecule is CNCCCC(C)N(C(C)=O)C1CC1. The van der Waals surface area contributed by atoms with Gasteiger partial charge in [-0.2, -0.15) is 0 Å². The molecule has 1 saturated carbocycles. The lowest BCUT2D eigenvalue weighted by atomic mass is 10.1. The van der Waals surface area contributed by atoms with Crippen LogP contribution in [0.15, 0.2) is 0 Å². The number of carbonyl (C=O) groups is 1. The molecular weight excluding hydrogens is 176 g/mol. The van der Waals surface area contributed by atoms with Gasteiger partial charge in [-0.3, -0.25) is 4.79 Å². The first-order valence-corrected chi connectivity index (χ1v) is 5.60. The van der Waals surface area contributed by atoms with E-state index in [0.29, 0.717) is 12.1 Å². The molecule has 3 heteroatoms. The fourth-order valence-corrected chi connectivity index (χ4v) is 1.99. The van der Waals surface area contributed by atoms with Gasteiger partial charge in [0, 0.05) is 19.0 Å². The highest BCUT2D eigenvalue weighted by Crippen LogP contribution is 2.29. The molecule has 14 heavy (non-hydrogen) atoms. The van der Waals surface area contributed by atoms with Crippen molar-refractivity contribution < 1.29 is 4.79 Å². The molecule has 1 atom stereocenters. The third-order valence-electron chi connectivity index (χ3n) is 2.83. The summed E-state index contributed by atoms with van der Waals surface area (Å²) in [6, 6.07) is 0.963. The number of hydrogen-bond donors (Lipinski definition) is 1. The minimum absolute atomic E-state index is 0.240. The van der Waals surface area contributed by atoms with Crippen LogP contribution in [0.2, 0.25) is 0 Å². The fraction of sp³-hybridized carbons (Fsp3) is 0.909. The first-order valence-electron chi connectivity index (χ1n) is 5.60. The van der Waals surface area contributed by atoms with E-state index in [-0.39, 0.29) is 5.91 Å². The molecule has 1 aliphatic rings. The first-order chi connectivity index (χ1) is 6.66. The van der Waals surface area contributed by atoms with Crippen LogP contribution in [0.1, 0.15) is 39.5 Å². The van der Waals surface area contributed by atoms with E-state index in [1.807, 2.05) is 7.05 Å². The van der Waals surface area contributed by atoms with E-state index in [1.54, 1.807) is 6.92 Å². The van der Waals surface area contributed by atoms with Gasteiger partial charge in [-0.25, -0.2) is 0 Å². The van der Waals surface area contributed by atoms with Crippen LogP contribution in [0.3, 0.4) is 0 Å². The number of nitrogens with zero attached hydrogens (tertiary/aromatic N) is 1. The zero-order valence-electron chi connectivity index (χ0n) is 9.55. The Morgan fingerprint density at radius 3 is 2.64 bits per heavy atom. The van der Waals surface area contributed by atoms with E-state index in [0.717, 1.165) is 19.4 Å². The second-order valence-electron chi connectivity index (χ2n) is 4.25. The summed E-state index contributed by atoms with van der Waals surface area (Å²) >= 11 is 0. The Balaban J connectivity index is 2.31. The zero-order valence-corrected chi connectivity index (χ0v) is 9.55. The topological polar surface area (TPSA) is 32.3 Å². The highest BCUT2D eigenvalue weighted by Gasteiger charge is 2.33. The van der Waals surface area contributed by atoms with Crippen LogP contribution >= 0.6 is 0 Å². The van der Waals surface area contributed by atoms with E-state index in [1.165, 1.54) is 12.8 Å². The van der Waals surface area contributed by atoms with Crippen LogP contribution in [0.4, 0.5) is 0 Å². The Morgan fingerprint density at radius 1 is 1.57 bits per heavy atom. The predicted molar refractivity (Wildman–Crippen MR) is 58.2 cm³/mol. The van der Waals surface area contributed by atoms with Crippen molar-refractivity contribution >= 4 is 5.91 Å². The van der Waals surface area contributed by atoms with Gasteiger partial charge >= 0.3 is 0 Å². The summed E-state index contributed by atoms with van der Waals surface area (Å²) in [5.41, 5.74) is 0. The van der Waals surface area contributed by atoms with Crippen LogP contribution in [0.25, 0.3) is 0 Å². The lowest BCUT2D eigenvalue weighted by molar-refractivity contribution is -0.131. The Hall–Kier alpha value is -0.570. The summed E-state index contributed by atoms with van der Waals surface area (Å²) in [5, 5.41) is 3.13. The smallest absolute Gasteiger partial charge is 0.219 e. The van der Waals surface area contributed by atoms with E-state index in [2.05, 4.69) is 17.1 Å². The molecule has 0 saturated heterocycles. The number of nitrogens with one attached hydrogen (secondary N) is 1. The van der Waals surface area contributed by atoms with Crippen molar-refractivity contribution in [1.82, 2.24) is 10.2 Å². The molecule has 1 amide bonds. The van der Waals surface area contributed by atoms with Gasteiger partial charge in [0.05, 0.1) is 0 Å². The normalized spacial score (nSPS) is 17.9. The maximum absolute atomic E-state index is 11.4. The summed E-state index contributed by atoms with van der Waals surface area (Å²) < 4.78 is 0. The van der Waals surface area contributed by atoms with E-state index >= 15 is 0 Å². The number of carbonyl (C=O) groups excluding carboxylic acids is 1. The molecule has 3 nitrogen and oxygen atoms in total. The summed E-state index contributed by atoms with van der Waals surface area (Å²) in [5.74, 6) is 0.240. The minimum Gasteiger partial charge on any atom is -0.337 e. The van der Waals surface area contributed by atoms with Crippen molar-refractivity contribution in [3.05, 3.63) is 0 Å². The molecule has 0 aromatic rings. The van der Waals surface area contributed by atoms with Crippen molar-refractivity contribution in [2.24, 2.45) is 0 Å². The van der Waals surface area contributed by atoms with Crippen LogP contribution in [-0.4, -0.2) is 36.5 Å². The van der Waals surface area contributed by atoms with Gasteiger partial charge in [0.25, 0.3) is 0 Å². The summed E-state index contributed by atoms with van der Waals surface area (Å²) in [6.45, 7) is 4.89. The molecule has 1 fully saturated rings. The zero-order chi connectivity index (χ0) is 10.6. The van der Waals surface area contributed by atoms with Crippen molar-refractivity contribution in [1.29, 1.82) is 0 Å². The molecule has 0 aliphatic heterocycles. The maximum Gasteiger partial charge on any atom is 0.219 e. The van der Waals surface area contributed by atoms with E-state index in [9.17, 15) is 4.79 Å². The Bertz CT molecular complexity index is 190. The minimum atomic E-state index is 0.240. The number of hydrogen-bond acceptors (Lipinski definition) is 2. The maximum atomic E-state index is 11.4. The molecule has 0 radical (unpaired) electrons. The van der Waals surface area contributed by atoms with Crippen LogP contribution in [-0.2, 0) is 4.79 Å². The van der Waals surface area contributed by atoms with Crippen molar-refractivity contribution in [3.63, 3.8) is 0 Å². The van der Waals surface area contributed by atoms with Crippen LogP contribution < -0.4 is 5.32 Å². The first kappa shape index (κ1) is 11.5. The molecule has 0 heterocycles. The van der Waals surface area contributed by atoms with Gasteiger partial charge in [-0.1, -0.05) is 0 Å². The predicted octanol–water partition coefficient (Wildman–Crippen LogP) is 1.39. The van der Waals surface area contributed by atoms with E-state index in [4.69, 9.17) is 0 Å². The standard InChI is InChI=1S/C11H22N2O/c1-9(5-4-8-12-3)13(10(2)14)11-6-7-11/h9,11-12H,4-8H2,1-3H3. The molecule has 1 unspecified atom stereocenters. The van der Waals surface area contributed by atoms with Gasteiger partial charge in [0.1, 0.15) is 0 Å². The van der Waals surface area contributed by atoms with Crippen LogP contribution in [0, 0.1) is 0 Å². The van der Waals surface area contributed by atoms with E-state index < -0.39 is 0 Å². The lowest BCUT2D eigenvalue weighted by Gasteiger charge is -2.28. The number of amides is 1. The molecule has 0 aromatic heterocycles. The average molecular weight is 198 g/mol. The lowest BCUT2D eigenvalue weighted by Crippen LogP contribution is -2.39. The Kier molecular flexibility index (Phi) is 4.39. The van der Waals surface area contributed by atoms with Gasteiger partial charge in [-0.15, -0.1) is 0 Å². The molecular formula is C11H22N2O. The van der Waals surface area contributed by atoms with Gasteiger partial charge in [-0.05, 0) is 46.2 Å². The summed E-state index contributed by atoms with van der Waals surface area (Å²) in [4.78, 5) is 13.5. The monoisotopic (exact) mass is 198 g/mol. The van der Waals surface area contributed by atoms with Crippen molar-refractivity contribution in [2.75, 3.05) is 13.6 Å². The highest BCUT2D eigenvalue weighted by molar-refractivity contribution is 5.74. The van der Waals surface area contributed by atoms with Crippen molar-refractivity contribution in [3.8, 4) is 0 Å². The molecule has 0 bridgehead atoms. The Morgan fingerprint density at radius 2 is 2.21 bits per heavy atom. The fourth-order valence-electron chi connectivity index (χ4n) is 1.99. The third-order valence-corrected chi connectivity index (χ3v) is 2.83. The highest BCUT2D eigenvalue weighted by atomic mass is 16.2. The quantitative estimate of drug-likeness (QED) is 0.654. The average Bonchev–Trinajstić information content (AvgIpc) is 2.88. The molecule has 0 aromatic carbocycles. The van der Waals surface area contributed by atoms with Crippen molar-refractivity contribution in [2.45, 2.75) is 51.6 Å². The summed E-state index contributed by atoms with van der Waals surface area (Å²) in [7, 11) is 1.97. The summed E-state index contributed by atoms with van der Waals surface area (Å²) in [6.07, 6.45) is 4.66. The second kappa shape index (κ2) is 5.35. The molecule has 1 rings (SSSR count).